The second kappa shape index (κ2) is 9.21. The van der Waals surface area contributed by atoms with Crippen molar-refractivity contribution in [3.8, 4) is 17.2 Å². The lowest BCUT2D eigenvalue weighted by atomic mass is 10.1. The fourth-order valence-corrected chi connectivity index (χ4v) is 3.10. The van der Waals surface area contributed by atoms with Gasteiger partial charge in [0.2, 0.25) is 0 Å². The van der Waals surface area contributed by atoms with E-state index in [1.165, 1.54) is 18.4 Å². The molecule has 1 aromatic heterocycles. The molecule has 1 atom stereocenters. The fourth-order valence-electron chi connectivity index (χ4n) is 3.10. The van der Waals surface area contributed by atoms with Crippen LogP contribution in [0.4, 0.5) is 0 Å². The molecular formula is C22H23NO7. The number of carbonyl (C=O) groups is 2. The molecule has 0 aliphatic carbocycles. The molecule has 0 radical (unpaired) electrons. The van der Waals surface area contributed by atoms with Crippen molar-refractivity contribution in [3.05, 3.63) is 53.8 Å². The van der Waals surface area contributed by atoms with Crippen LogP contribution in [0, 0.1) is 0 Å². The van der Waals surface area contributed by atoms with Crippen molar-refractivity contribution >= 4 is 22.8 Å². The maximum atomic E-state index is 12.2. The molecule has 1 heterocycles. The topological polar surface area (TPSA) is 107 Å². The van der Waals surface area contributed by atoms with Gasteiger partial charge in [-0.15, -0.1) is 0 Å². The van der Waals surface area contributed by atoms with E-state index in [2.05, 4.69) is 5.32 Å². The molecule has 0 bridgehead atoms. The third kappa shape index (κ3) is 4.83. The van der Waals surface area contributed by atoms with Gasteiger partial charge in [0.1, 0.15) is 22.8 Å². The molecule has 2 aromatic carbocycles. The molecule has 3 aromatic rings. The molecule has 0 saturated carbocycles. The van der Waals surface area contributed by atoms with E-state index in [4.69, 9.17) is 18.6 Å². The summed E-state index contributed by atoms with van der Waals surface area (Å²) in [5.74, 6) is 0.317. The van der Waals surface area contributed by atoms with E-state index < -0.39 is 18.5 Å². The van der Waals surface area contributed by atoms with E-state index in [0.717, 1.165) is 5.56 Å². The second-order valence-corrected chi connectivity index (χ2v) is 6.68. The Hall–Kier alpha value is -3.68. The summed E-state index contributed by atoms with van der Waals surface area (Å²) in [5.41, 5.74) is 1.83. The molecule has 0 saturated heterocycles. The quantitative estimate of drug-likeness (QED) is 0.546. The number of hydrogen-bond acceptors (Lipinski definition) is 7. The maximum absolute atomic E-state index is 12.2. The second-order valence-electron chi connectivity index (χ2n) is 6.68. The average Bonchev–Trinajstić information content (AvgIpc) is 3.13. The van der Waals surface area contributed by atoms with Crippen LogP contribution in [-0.4, -0.2) is 37.8 Å². The molecule has 0 unspecified atom stereocenters. The van der Waals surface area contributed by atoms with Gasteiger partial charge in [-0.2, -0.15) is 0 Å². The number of benzene rings is 2. The van der Waals surface area contributed by atoms with E-state index in [1.807, 2.05) is 0 Å². The number of ether oxygens (including phenoxy) is 3. The standard InChI is InChI=1S/C22H23NO7/c1-13(18-10-16(27-2)5-7-19(18)28-3)23-21(25)12-30-22(26)8-14-11-29-20-9-15(24)4-6-17(14)20/h4-7,9-11,13,24H,8,12H2,1-3H3,(H,23,25)/t13-/m0/s1. The number of phenolic OH excluding ortho intramolecular Hbond substituents is 1. The number of fused-ring (bicyclic) bond motifs is 1. The van der Waals surface area contributed by atoms with E-state index in [0.29, 0.717) is 28.0 Å². The Morgan fingerprint density at radius 2 is 1.93 bits per heavy atom. The number of amides is 1. The SMILES string of the molecule is COc1ccc(OC)c([C@H](C)NC(=O)COC(=O)Cc2coc3cc(O)ccc23)c1. The Bertz CT molecular complexity index is 1060. The van der Waals surface area contributed by atoms with Gasteiger partial charge in [0, 0.05) is 22.6 Å². The number of phenols is 1. The molecule has 0 spiro atoms. The summed E-state index contributed by atoms with van der Waals surface area (Å²) >= 11 is 0. The summed E-state index contributed by atoms with van der Waals surface area (Å²) in [4.78, 5) is 24.4. The van der Waals surface area contributed by atoms with Crippen molar-refractivity contribution in [3.63, 3.8) is 0 Å². The lowest BCUT2D eigenvalue weighted by Crippen LogP contribution is -2.31. The normalized spacial score (nSPS) is 11.7. The zero-order valence-electron chi connectivity index (χ0n) is 16.9. The van der Waals surface area contributed by atoms with Crippen LogP contribution in [0.25, 0.3) is 11.0 Å². The Labute approximate surface area is 173 Å². The molecule has 158 valence electrons. The van der Waals surface area contributed by atoms with Gasteiger partial charge in [-0.05, 0) is 37.3 Å². The fraction of sp³-hybridized carbons (Fsp3) is 0.273. The molecule has 2 N–H and O–H groups in total. The number of esters is 1. The van der Waals surface area contributed by atoms with Crippen LogP contribution in [0.2, 0.25) is 0 Å². The number of nitrogens with one attached hydrogen (secondary N) is 1. The first-order valence-corrected chi connectivity index (χ1v) is 9.27. The highest BCUT2D eigenvalue weighted by atomic mass is 16.5. The van der Waals surface area contributed by atoms with Crippen molar-refractivity contribution in [1.82, 2.24) is 5.32 Å². The summed E-state index contributed by atoms with van der Waals surface area (Å²) < 4.78 is 21.0. The van der Waals surface area contributed by atoms with Crippen LogP contribution in [0.15, 0.2) is 47.1 Å². The number of furan rings is 1. The maximum Gasteiger partial charge on any atom is 0.310 e. The first-order chi connectivity index (χ1) is 14.4. The van der Waals surface area contributed by atoms with Gasteiger partial charge in [0.25, 0.3) is 5.91 Å². The molecule has 3 rings (SSSR count). The summed E-state index contributed by atoms with van der Waals surface area (Å²) in [6.07, 6.45) is 1.38. The molecule has 0 aliphatic rings. The highest BCUT2D eigenvalue weighted by Crippen LogP contribution is 2.29. The van der Waals surface area contributed by atoms with Gasteiger partial charge in [0.15, 0.2) is 6.61 Å². The first kappa shape index (κ1) is 21.0. The highest BCUT2D eigenvalue weighted by Gasteiger charge is 2.17. The predicted molar refractivity (Wildman–Crippen MR) is 109 cm³/mol. The van der Waals surface area contributed by atoms with Crippen LogP contribution < -0.4 is 14.8 Å². The van der Waals surface area contributed by atoms with Crippen LogP contribution in [0.5, 0.6) is 17.2 Å². The number of rotatable bonds is 8. The minimum Gasteiger partial charge on any atom is -0.508 e. The van der Waals surface area contributed by atoms with Crippen molar-refractivity contribution in [2.75, 3.05) is 20.8 Å². The molecular weight excluding hydrogens is 390 g/mol. The van der Waals surface area contributed by atoms with Gasteiger partial charge < -0.3 is 29.1 Å². The van der Waals surface area contributed by atoms with Crippen molar-refractivity contribution in [2.24, 2.45) is 0 Å². The van der Waals surface area contributed by atoms with E-state index >= 15 is 0 Å². The zero-order chi connectivity index (χ0) is 21.7. The molecule has 8 nitrogen and oxygen atoms in total. The monoisotopic (exact) mass is 413 g/mol. The average molecular weight is 413 g/mol. The Kier molecular flexibility index (Phi) is 6.46. The van der Waals surface area contributed by atoms with E-state index in [-0.39, 0.29) is 18.2 Å². The number of carbonyl (C=O) groups excluding carboxylic acids is 2. The third-order valence-electron chi connectivity index (χ3n) is 4.62. The van der Waals surface area contributed by atoms with E-state index in [1.54, 1.807) is 45.4 Å². The third-order valence-corrected chi connectivity index (χ3v) is 4.62. The minimum atomic E-state index is -0.562. The van der Waals surface area contributed by atoms with Crippen LogP contribution >= 0.6 is 0 Å². The van der Waals surface area contributed by atoms with Crippen molar-refractivity contribution < 1.29 is 33.3 Å². The molecule has 30 heavy (non-hydrogen) atoms. The molecule has 0 aliphatic heterocycles. The van der Waals surface area contributed by atoms with Gasteiger partial charge in [-0.1, -0.05) is 0 Å². The van der Waals surface area contributed by atoms with Gasteiger partial charge in [-0.3, -0.25) is 9.59 Å². The Morgan fingerprint density at radius 1 is 1.13 bits per heavy atom. The predicted octanol–water partition coefficient (Wildman–Crippen LogP) is 3.12. The number of methoxy groups -OCH3 is 2. The van der Waals surface area contributed by atoms with Crippen LogP contribution in [-0.2, 0) is 20.7 Å². The first-order valence-electron chi connectivity index (χ1n) is 9.27. The molecule has 0 fully saturated rings. The minimum absolute atomic E-state index is 0.0513. The summed E-state index contributed by atoms with van der Waals surface area (Å²) in [7, 11) is 3.10. The number of aromatic hydroxyl groups is 1. The van der Waals surface area contributed by atoms with Crippen molar-refractivity contribution in [2.45, 2.75) is 19.4 Å². The smallest absolute Gasteiger partial charge is 0.310 e. The van der Waals surface area contributed by atoms with Gasteiger partial charge in [-0.25, -0.2) is 0 Å². The summed E-state index contributed by atoms with van der Waals surface area (Å²) in [6.45, 7) is 1.38. The summed E-state index contributed by atoms with van der Waals surface area (Å²) in [6, 6.07) is 9.54. The van der Waals surface area contributed by atoms with Gasteiger partial charge >= 0.3 is 5.97 Å². The molecule has 8 heteroatoms. The zero-order valence-corrected chi connectivity index (χ0v) is 16.9. The van der Waals surface area contributed by atoms with Crippen LogP contribution in [0.3, 0.4) is 0 Å². The van der Waals surface area contributed by atoms with Gasteiger partial charge in [0.05, 0.1) is 32.9 Å². The Balaban J connectivity index is 1.55. The number of hydrogen-bond donors (Lipinski definition) is 2. The lowest BCUT2D eigenvalue weighted by molar-refractivity contribution is -0.148. The Morgan fingerprint density at radius 3 is 2.67 bits per heavy atom. The molecule has 1 amide bonds. The highest BCUT2D eigenvalue weighted by molar-refractivity contribution is 5.87. The van der Waals surface area contributed by atoms with Crippen molar-refractivity contribution in [1.29, 1.82) is 0 Å². The van der Waals surface area contributed by atoms with E-state index in [9.17, 15) is 14.7 Å². The summed E-state index contributed by atoms with van der Waals surface area (Å²) in [5, 5.41) is 12.9. The lowest BCUT2D eigenvalue weighted by Gasteiger charge is -2.18. The largest absolute Gasteiger partial charge is 0.508 e. The van der Waals surface area contributed by atoms with Crippen LogP contribution in [0.1, 0.15) is 24.1 Å².